The molecule has 1 aromatic rings. The number of piperazine rings is 1. The average molecular weight is 543 g/mol. The Morgan fingerprint density at radius 2 is 1.82 bits per heavy atom. The number of carbonyl (C=O) groups excluding carboxylic acids is 3. The number of aromatic hydroxyl groups is 1. The summed E-state index contributed by atoms with van der Waals surface area (Å²) in [6.45, 7) is 4.30. The number of hydrogen-bond donors (Lipinski definition) is 7. The number of nitrogens with zero attached hydrogens (tertiary/aromatic N) is 2. The summed E-state index contributed by atoms with van der Waals surface area (Å²) in [6.07, 6.45) is -0.182. The van der Waals surface area contributed by atoms with Crippen LogP contribution in [0, 0.1) is 11.8 Å². The predicted molar refractivity (Wildman–Crippen MR) is 138 cm³/mol. The molecule has 39 heavy (non-hydrogen) atoms. The first kappa shape index (κ1) is 27.3. The molecule has 0 radical (unpaired) electrons. The van der Waals surface area contributed by atoms with Crippen molar-refractivity contribution in [1.82, 2.24) is 20.4 Å². The van der Waals surface area contributed by atoms with Crippen LogP contribution in [0.25, 0.3) is 5.76 Å². The van der Waals surface area contributed by atoms with Crippen molar-refractivity contribution in [1.29, 1.82) is 0 Å². The zero-order chi connectivity index (χ0) is 28.4. The molecule has 1 heterocycles. The van der Waals surface area contributed by atoms with Crippen molar-refractivity contribution >= 4 is 23.2 Å². The minimum atomic E-state index is -2.73. The molecule has 0 spiro atoms. The highest BCUT2D eigenvalue weighted by Gasteiger charge is 2.66. The van der Waals surface area contributed by atoms with Gasteiger partial charge in [-0.3, -0.25) is 24.2 Å². The average Bonchev–Trinajstić information content (AvgIpc) is 2.88. The van der Waals surface area contributed by atoms with Gasteiger partial charge in [0, 0.05) is 43.6 Å². The number of ketones is 2. The Morgan fingerprint density at radius 3 is 2.46 bits per heavy atom. The number of phenolic OH excluding ortho intramolecular Hbond substituents is 1. The molecule has 1 saturated carbocycles. The molecule has 4 aliphatic rings. The van der Waals surface area contributed by atoms with Crippen LogP contribution in [-0.4, -0.2) is 111 Å². The number of nitrogens with one attached hydrogen (secondary N) is 2. The molecule has 12 nitrogen and oxygen atoms in total. The number of likely N-dealkylation sites (N-methyl/N-ethyl adjacent to an activating group) is 1. The van der Waals surface area contributed by atoms with E-state index in [1.54, 1.807) is 14.1 Å². The predicted octanol–water partition coefficient (Wildman–Crippen LogP) is -0.877. The molecule has 7 N–H and O–H groups in total. The van der Waals surface area contributed by atoms with E-state index in [0.29, 0.717) is 13.1 Å². The molecule has 3 aliphatic carbocycles. The van der Waals surface area contributed by atoms with Crippen LogP contribution >= 0.6 is 0 Å². The maximum absolute atomic E-state index is 14.1. The van der Waals surface area contributed by atoms with Gasteiger partial charge in [0.25, 0.3) is 5.91 Å². The van der Waals surface area contributed by atoms with Gasteiger partial charge in [0.1, 0.15) is 22.8 Å². The molecule has 1 amide bonds. The summed E-state index contributed by atoms with van der Waals surface area (Å²) < 4.78 is 0. The van der Waals surface area contributed by atoms with Gasteiger partial charge in [-0.15, -0.1) is 0 Å². The van der Waals surface area contributed by atoms with E-state index in [1.165, 1.54) is 30.0 Å². The van der Waals surface area contributed by atoms with Crippen molar-refractivity contribution in [3.05, 3.63) is 46.2 Å². The standard InChI is InChI=1S/C27H34N4O8/c1-26(38)13-5-4-6-16(32)17(13)21(33)18-14(26)11-15-20(30(2)3)22(34)19(24(36)27(15,39)23(18)35)25(37)29-12-31-9-7-28-8-10-31/h4-6,14-15,20,28,32-33,36,38-39H,7-12H2,1-3H3,(H,29,37). The second-order valence-electron chi connectivity index (χ2n) is 11.1. The van der Waals surface area contributed by atoms with E-state index in [9.17, 15) is 39.9 Å². The van der Waals surface area contributed by atoms with Crippen LogP contribution in [-0.2, 0) is 20.0 Å². The van der Waals surface area contributed by atoms with Crippen molar-refractivity contribution in [2.75, 3.05) is 46.9 Å². The van der Waals surface area contributed by atoms with Crippen molar-refractivity contribution < 1.29 is 39.9 Å². The van der Waals surface area contributed by atoms with Gasteiger partial charge in [-0.2, -0.15) is 0 Å². The number of rotatable bonds is 4. The van der Waals surface area contributed by atoms with E-state index >= 15 is 0 Å². The van der Waals surface area contributed by atoms with E-state index in [1.807, 2.05) is 4.90 Å². The third kappa shape index (κ3) is 3.89. The first-order chi connectivity index (χ1) is 18.3. The van der Waals surface area contributed by atoms with Crippen molar-refractivity contribution in [2.45, 2.75) is 30.6 Å². The molecule has 12 heteroatoms. The number of fused-ring (bicyclic) bond motifs is 3. The van der Waals surface area contributed by atoms with E-state index < -0.39 is 63.6 Å². The summed E-state index contributed by atoms with van der Waals surface area (Å²) in [6, 6.07) is 3.10. The molecule has 1 saturated heterocycles. The third-order valence-corrected chi connectivity index (χ3v) is 8.67. The maximum Gasteiger partial charge on any atom is 0.259 e. The molecule has 2 fully saturated rings. The minimum Gasteiger partial charge on any atom is -0.508 e. The first-order valence-corrected chi connectivity index (χ1v) is 12.9. The second-order valence-corrected chi connectivity index (χ2v) is 11.1. The Labute approximate surface area is 225 Å². The molecule has 5 rings (SSSR count). The fourth-order valence-corrected chi connectivity index (χ4v) is 6.62. The summed E-state index contributed by atoms with van der Waals surface area (Å²) in [7, 11) is 3.11. The van der Waals surface area contributed by atoms with Crippen LogP contribution in [0.1, 0.15) is 24.5 Å². The summed E-state index contributed by atoms with van der Waals surface area (Å²) in [4.78, 5) is 44.4. The van der Waals surface area contributed by atoms with Gasteiger partial charge < -0.3 is 36.2 Å². The van der Waals surface area contributed by atoms with Gasteiger partial charge in [0.2, 0.25) is 5.78 Å². The highest BCUT2D eigenvalue weighted by atomic mass is 16.3. The lowest BCUT2D eigenvalue weighted by atomic mass is 9.54. The Bertz CT molecular complexity index is 1310. The molecule has 5 atom stereocenters. The van der Waals surface area contributed by atoms with Gasteiger partial charge in [-0.05, 0) is 39.1 Å². The number of hydrogen-bond acceptors (Lipinski definition) is 11. The van der Waals surface area contributed by atoms with Gasteiger partial charge in [0.15, 0.2) is 11.4 Å². The third-order valence-electron chi connectivity index (χ3n) is 8.67. The number of amides is 1. The van der Waals surface area contributed by atoms with Crippen molar-refractivity contribution in [2.24, 2.45) is 11.8 Å². The topological polar surface area (TPSA) is 183 Å². The maximum atomic E-state index is 14.1. The monoisotopic (exact) mass is 542 g/mol. The minimum absolute atomic E-state index is 0.0972. The Hall–Kier alpha value is -3.29. The molecule has 0 aromatic heterocycles. The molecule has 5 unspecified atom stereocenters. The SMILES string of the molecule is CN(C)C1C(=O)C(C(=O)NCN2CCNCC2)=C(O)C2(O)C(=O)C3=C(O)c4c(O)cccc4C(C)(O)C3CC12. The lowest BCUT2D eigenvalue weighted by molar-refractivity contribution is -0.159. The number of carbonyl (C=O) groups is 3. The van der Waals surface area contributed by atoms with E-state index in [2.05, 4.69) is 10.6 Å². The van der Waals surface area contributed by atoms with Crippen LogP contribution in [0.2, 0.25) is 0 Å². The van der Waals surface area contributed by atoms with Gasteiger partial charge >= 0.3 is 0 Å². The molecule has 1 aromatic carbocycles. The zero-order valence-corrected chi connectivity index (χ0v) is 22.1. The van der Waals surface area contributed by atoms with Crippen LogP contribution in [0.4, 0.5) is 0 Å². The first-order valence-electron chi connectivity index (χ1n) is 12.9. The van der Waals surface area contributed by atoms with E-state index in [0.717, 1.165) is 13.1 Å². The smallest absolute Gasteiger partial charge is 0.259 e. The lowest BCUT2D eigenvalue weighted by Gasteiger charge is -2.53. The van der Waals surface area contributed by atoms with Crippen LogP contribution in [0.5, 0.6) is 5.75 Å². The fourth-order valence-electron chi connectivity index (χ4n) is 6.62. The molecular formula is C27H34N4O8. The Balaban J connectivity index is 1.63. The highest BCUT2D eigenvalue weighted by Crippen LogP contribution is 2.57. The summed E-state index contributed by atoms with van der Waals surface area (Å²) in [5, 5.41) is 62.3. The number of phenols is 1. The Kier molecular flexibility index (Phi) is 6.59. The van der Waals surface area contributed by atoms with Gasteiger partial charge in [0.05, 0.1) is 23.9 Å². The largest absolute Gasteiger partial charge is 0.508 e. The quantitative estimate of drug-likeness (QED) is 0.235. The molecule has 1 aliphatic heterocycles. The number of benzene rings is 1. The zero-order valence-electron chi connectivity index (χ0n) is 22.1. The molecular weight excluding hydrogens is 508 g/mol. The lowest BCUT2D eigenvalue weighted by Crippen LogP contribution is -2.67. The number of aliphatic hydroxyl groups is 4. The normalized spacial score (nSPS) is 33.1. The number of Topliss-reactive ketones (excluding diaryl/α,β-unsaturated/α-hetero) is 2. The van der Waals surface area contributed by atoms with E-state index in [-0.39, 0.29) is 35.5 Å². The van der Waals surface area contributed by atoms with Gasteiger partial charge in [-0.25, -0.2) is 0 Å². The fraction of sp³-hybridized carbons (Fsp3) is 0.519. The Morgan fingerprint density at radius 1 is 1.15 bits per heavy atom. The van der Waals surface area contributed by atoms with Crippen LogP contribution in [0.3, 0.4) is 0 Å². The van der Waals surface area contributed by atoms with Crippen molar-refractivity contribution in [3.8, 4) is 5.75 Å². The second kappa shape index (κ2) is 9.42. The van der Waals surface area contributed by atoms with Crippen LogP contribution in [0.15, 0.2) is 35.1 Å². The number of aliphatic hydroxyl groups excluding tert-OH is 2. The summed E-state index contributed by atoms with van der Waals surface area (Å²) >= 11 is 0. The van der Waals surface area contributed by atoms with Crippen molar-refractivity contribution in [3.63, 3.8) is 0 Å². The summed E-state index contributed by atoms with van der Waals surface area (Å²) in [5.41, 5.74) is -5.58. The molecule has 210 valence electrons. The molecule has 0 bridgehead atoms. The highest BCUT2D eigenvalue weighted by molar-refractivity contribution is 6.25. The van der Waals surface area contributed by atoms with E-state index in [4.69, 9.17) is 0 Å². The van der Waals surface area contributed by atoms with Crippen LogP contribution < -0.4 is 10.6 Å². The van der Waals surface area contributed by atoms with Gasteiger partial charge in [-0.1, -0.05) is 12.1 Å². The summed E-state index contributed by atoms with van der Waals surface area (Å²) in [5.74, 6) is -7.24.